The van der Waals surface area contributed by atoms with Gasteiger partial charge in [0.05, 0.1) is 11.9 Å². The predicted molar refractivity (Wildman–Crippen MR) is 39.9 cm³/mol. The van der Waals surface area contributed by atoms with Crippen LogP contribution in [0.1, 0.15) is 16.1 Å². The lowest BCUT2D eigenvalue weighted by atomic mass is 10.3. The Morgan fingerprint density at radius 1 is 1.77 bits per heavy atom. The number of aromatic nitrogens is 2. The molecule has 0 amide bonds. The van der Waals surface area contributed by atoms with Crippen LogP contribution < -0.4 is 0 Å². The van der Waals surface area contributed by atoms with Gasteiger partial charge in [-0.1, -0.05) is 0 Å². The summed E-state index contributed by atoms with van der Waals surface area (Å²) in [4.78, 5) is 10.5. The molecule has 0 saturated carbocycles. The summed E-state index contributed by atoms with van der Waals surface area (Å²) in [7, 11) is 0. The summed E-state index contributed by atoms with van der Waals surface area (Å²) in [6, 6.07) is 0. The monoisotopic (exact) mass is 190 g/mol. The van der Waals surface area contributed by atoms with Crippen LogP contribution >= 0.6 is 0 Å². The highest BCUT2D eigenvalue weighted by atomic mass is 19.3. The van der Waals surface area contributed by atoms with E-state index in [1.54, 1.807) is 0 Å². The Labute approximate surface area is 72.8 Å². The molecule has 0 atom stereocenters. The number of carboxylic acids is 1. The Morgan fingerprint density at radius 2 is 2.38 bits per heavy atom. The summed E-state index contributed by atoms with van der Waals surface area (Å²) >= 11 is 0. The lowest BCUT2D eigenvalue weighted by molar-refractivity contribution is 0.0695. The smallest absolute Gasteiger partial charge is 0.339 e. The SMILES string of the molecule is Cc1c(C(=O)O)cnn1CC(F)F. The van der Waals surface area contributed by atoms with Crippen LogP contribution in [-0.4, -0.2) is 27.3 Å². The normalized spacial score (nSPS) is 10.8. The molecule has 0 unspecified atom stereocenters. The highest BCUT2D eigenvalue weighted by Crippen LogP contribution is 2.08. The Hall–Kier alpha value is -1.46. The van der Waals surface area contributed by atoms with Crippen LogP contribution in [0.2, 0.25) is 0 Å². The van der Waals surface area contributed by atoms with Gasteiger partial charge in [0, 0.05) is 0 Å². The van der Waals surface area contributed by atoms with Crippen LogP contribution in [0.25, 0.3) is 0 Å². The van der Waals surface area contributed by atoms with Gasteiger partial charge in [-0.25, -0.2) is 13.6 Å². The molecule has 1 aromatic rings. The van der Waals surface area contributed by atoms with E-state index in [2.05, 4.69) is 5.10 Å². The molecule has 1 N–H and O–H groups in total. The Morgan fingerprint density at radius 3 is 2.77 bits per heavy atom. The fourth-order valence-corrected chi connectivity index (χ4v) is 0.971. The second-order valence-electron chi connectivity index (χ2n) is 2.52. The van der Waals surface area contributed by atoms with Crippen molar-refractivity contribution in [3.05, 3.63) is 17.5 Å². The standard InChI is InChI=1S/C7H8F2N2O2/c1-4-5(7(12)13)2-10-11(4)3-6(8)9/h2,6H,3H2,1H3,(H,12,13). The minimum Gasteiger partial charge on any atom is -0.478 e. The van der Waals surface area contributed by atoms with Gasteiger partial charge in [0.15, 0.2) is 0 Å². The second-order valence-corrected chi connectivity index (χ2v) is 2.52. The quantitative estimate of drug-likeness (QED) is 0.777. The lowest BCUT2D eigenvalue weighted by Crippen LogP contribution is -2.10. The van der Waals surface area contributed by atoms with E-state index in [0.717, 1.165) is 10.9 Å². The number of nitrogens with zero attached hydrogens (tertiary/aromatic N) is 2. The van der Waals surface area contributed by atoms with Gasteiger partial charge in [0.1, 0.15) is 12.1 Å². The highest BCUT2D eigenvalue weighted by molar-refractivity contribution is 5.88. The van der Waals surface area contributed by atoms with Crippen molar-refractivity contribution >= 4 is 5.97 Å². The van der Waals surface area contributed by atoms with Gasteiger partial charge in [-0.05, 0) is 6.92 Å². The summed E-state index contributed by atoms with van der Waals surface area (Å²) < 4.78 is 24.8. The van der Waals surface area contributed by atoms with Gasteiger partial charge in [0.25, 0.3) is 6.43 Å². The topological polar surface area (TPSA) is 55.1 Å². The molecule has 13 heavy (non-hydrogen) atoms. The van der Waals surface area contributed by atoms with E-state index >= 15 is 0 Å². The van der Waals surface area contributed by atoms with Crippen molar-refractivity contribution in [2.75, 3.05) is 0 Å². The van der Waals surface area contributed by atoms with E-state index in [9.17, 15) is 13.6 Å². The first-order chi connectivity index (χ1) is 6.02. The number of carboxylic acid groups (broad SMARTS) is 1. The van der Waals surface area contributed by atoms with Crippen molar-refractivity contribution in [3.8, 4) is 0 Å². The van der Waals surface area contributed by atoms with Crippen LogP contribution in [0.15, 0.2) is 6.20 Å². The number of halogens is 2. The zero-order valence-corrected chi connectivity index (χ0v) is 6.87. The molecular formula is C7H8F2N2O2. The number of rotatable bonds is 3. The zero-order valence-electron chi connectivity index (χ0n) is 6.87. The van der Waals surface area contributed by atoms with Crippen LogP contribution in [-0.2, 0) is 6.54 Å². The Kier molecular flexibility index (Phi) is 2.60. The largest absolute Gasteiger partial charge is 0.478 e. The van der Waals surface area contributed by atoms with Crippen LogP contribution in [0.5, 0.6) is 0 Å². The Balaban J connectivity index is 2.93. The van der Waals surface area contributed by atoms with Crippen LogP contribution in [0, 0.1) is 6.92 Å². The second kappa shape index (κ2) is 3.51. The van der Waals surface area contributed by atoms with Crippen molar-refractivity contribution in [2.45, 2.75) is 19.9 Å². The molecule has 0 aromatic carbocycles. The van der Waals surface area contributed by atoms with E-state index in [-0.39, 0.29) is 11.3 Å². The molecule has 4 nitrogen and oxygen atoms in total. The van der Waals surface area contributed by atoms with E-state index in [1.165, 1.54) is 6.92 Å². The molecule has 72 valence electrons. The zero-order chi connectivity index (χ0) is 10.0. The maximum atomic E-state index is 11.9. The number of carbonyl (C=O) groups is 1. The molecule has 0 aliphatic rings. The third kappa shape index (κ3) is 2.01. The number of hydrogen-bond acceptors (Lipinski definition) is 2. The average molecular weight is 190 g/mol. The first-order valence-corrected chi connectivity index (χ1v) is 3.56. The predicted octanol–water partition coefficient (Wildman–Crippen LogP) is 1.15. The molecule has 0 spiro atoms. The molecular weight excluding hydrogens is 182 g/mol. The molecule has 0 aliphatic heterocycles. The number of aromatic carboxylic acids is 1. The summed E-state index contributed by atoms with van der Waals surface area (Å²) in [6.45, 7) is 0.873. The lowest BCUT2D eigenvalue weighted by Gasteiger charge is -2.02. The van der Waals surface area contributed by atoms with Gasteiger partial charge in [-0.3, -0.25) is 4.68 Å². The van der Waals surface area contributed by atoms with Crippen LogP contribution in [0.4, 0.5) is 8.78 Å². The maximum Gasteiger partial charge on any atom is 0.339 e. The first kappa shape index (κ1) is 9.63. The molecule has 0 saturated heterocycles. The van der Waals surface area contributed by atoms with E-state index in [1.807, 2.05) is 0 Å². The van der Waals surface area contributed by atoms with Crippen molar-refractivity contribution in [1.82, 2.24) is 9.78 Å². The number of hydrogen-bond donors (Lipinski definition) is 1. The molecule has 1 aromatic heterocycles. The van der Waals surface area contributed by atoms with Crippen molar-refractivity contribution in [3.63, 3.8) is 0 Å². The summed E-state index contributed by atoms with van der Waals surface area (Å²) in [5, 5.41) is 12.1. The summed E-state index contributed by atoms with van der Waals surface area (Å²) in [5.74, 6) is -1.15. The van der Waals surface area contributed by atoms with Crippen molar-refractivity contribution < 1.29 is 18.7 Å². The highest BCUT2D eigenvalue weighted by Gasteiger charge is 2.14. The first-order valence-electron chi connectivity index (χ1n) is 3.56. The third-order valence-electron chi connectivity index (χ3n) is 1.64. The minimum atomic E-state index is -2.53. The molecule has 0 fully saturated rings. The van der Waals surface area contributed by atoms with E-state index in [0.29, 0.717) is 0 Å². The van der Waals surface area contributed by atoms with Gasteiger partial charge in [-0.15, -0.1) is 0 Å². The van der Waals surface area contributed by atoms with Gasteiger partial charge in [0.2, 0.25) is 0 Å². The van der Waals surface area contributed by atoms with Gasteiger partial charge >= 0.3 is 5.97 Å². The Bertz CT molecular complexity index is 322. The fourth-order valence-electron chi connectivity index (χ4n) is 0.971. The minimum absolute atomic E-state index is 0.0411. The van der Waals surface area contributed by atoms with E-state index < -0.39 is 18.9 Å². The fraction of sp³-hybridized carbons (Fsp3) is 0.429. The van der Waals surface area contributed by atoms with Gasteiger partial charge < -0.3 is 5.11 Å². The number of alkyl halides is 2. The molecule has 0 radical (unpaired) electrons. The molecule has 1 rings (SSSR count). The third-order valence-corrected chi connectivity index (χ3v) is 1.64. The van der Waals surface area contributed by atoms with Crippen molar-refractivity contribution in [2.24, 2.45) is 0 Å². The summed E-state index contributed by atoms with van der Waals surface area (Å²) in [5.41, 5.74) is 0.202. The van der Waals surface area contributed by atoms with Crippen molar-refractivity contribution in [1.29, 1.82) is 0 Å². The molecule has 0 bridgehead atoms. The molecule has 1 heterocycles. The molecule has 0 aliphatic carbocycles. The van der Waals surface area contributed by atoms with Gasteiger partial charge in [-0.2, -0.15) is 5.10 Å². The van der Waals surface area contributed by atoms with E-state index in [4.69, 9.17) is 5.11 Å². The summed E-state index contributed by atoms with van der Waals surface area (Å²) in [6.07, 6.45) is -1.46. The average Bonchev–Trinajstić information content (AvgIpc) is 2.32. The molecule has 6 heteroatoms. The van der Waals surface area contributed by atoms with Crippen LogP contribution in [0.3, 0.4) is 0 Å². The maximum absolute atomic E-state index is 11.9.